The van der Waals surface area contributed by atoms with Crippen molar-refractivity contribution >= 4 is 6.03 Å². The molecule has 0 saturated heterocycles. The maximum atomic E-state index is 11.8. The minimum Gasteiger partial charge on any atom is -0.466 e. The van der Waals surface area contributed by atoms with Crippen LogP contribution in [0.15, 0.2) is 10.5 Å². The van der Waals surface area contributed by atoms with Gasteiger partial charge in [-0.15, -0.1) is 0 Å². The van der Waals surface area contributed by atoms with E-state index in [2.05, 4.69) is 10.6 Å². The van der Waals surface area contributed by atoms with Crippen LogP contribution in [0.25, 0.3) is 0 Å². The predicted molar refractivity (Wildman–Crippen MR) is 71.9 cm³/mol. The van der Waals surface area contributed by atoms with E-state index in [9.17, 15) is 9.90 Å². The van der Waals surface area contributed by atoms with Crippen LogP contribution in [0, 0.1) is 19.3 Å². The highest BCUT2D eigenvalue weighted by Gasteiger charge is 2.42. The van der Waals surface area contributed by atoms with Crippen LogP contribution in [0.5, 0.6) is 0 Å². The number of hydrogen-bond donors (Lipinski definition) is 3. The summed E-state index contributed by atoms with van der Waals surface area (Å²) >= 11 is 0. The highest BCUT2D eigenvalue weighted by atomic mass is 16.3. The summed E-state index contributed by atoms with van der Waals surface area (Å²) in [5.74, 6) is 1.68. The fourth-order valence-electron chi connectivity index (χ4n) is 2.24. The number of amides is 2. The Hall–Kier alpha value is -1.49. The minimum atomic E-state index is -0.203. The van der Waals surface area contributed by atoms with Crippen molar-refractivity contribution in [1.29, 1.82) is 0 Å². The molecule has 5 nitrogen and oxygen atoms in total. The van der Waals surface area contributed by atoms with Gasteiger partial charge in [-0.2, -0.15) is 0 Å². The van der Waals surface area contributed by atoms with Gasteiger partial charge in [0.1, 0.15) is 11.5 Å². The first-order valence-electron chi connectivity index (χ1n) is 6.68. The number of furan rings is 1. The third-order valence-corrected chi connectivity index (χ3v) is 3.81. The summed E-state index contributed by atoms with van der Waals surface area (Å²) in [5.41, 5.74) is 0.930. The number of aliphatic hydroxyl groups is 1. The molecule has 2 amide bonds. The molecule has 1 saturated carbocycles. The number of aliphatic hydroxyl groups excluding tert-OH is 1. The maximum absolute atomic E-state index is 11.8. The standard InChI is InChI=1S/C14H22N2O3/c1-9-6-12(11(3)19-9)10(2)16-13(18)15-7-14(8-17)4-5-14/h6,10,17H,4-5,7-8H2,1-3H3,(H2,15,16,18). The van der Waals surface area contributed by atoms with Gasteiger partial charge in [0.15, 0.2) is 0 Å². The van der Waals surface area contributed by atoms with Crippen molar-refractivity contribution in [3.63, 3.8) is 0 Å². The Bertz CT molecular complexity index is 463. The van der Waals surface area contributed by atoms with Crippen LogP contribution in [0.1, 0.15) is 42.9 Å². The van der Waals surface area contributed by atoms with Crippen LogP contribution < -0.4 is 10.6 Å². The summed E-state index contributed by atoms with van der Waals surface area (Å²) in [4.78, 5) is 11.8. The first kappa shape index (κ1) is 13.9. The average molecular weight is 266 g/mol. The second kappa shape index (κ2) is 5.25. The van der Waals surface area contributed by atoms with Crippen molar-refractivity contribution in [3.8, 4) is 0 Å². The molecule has 0 aliphatic heterocycles. The normalized spacial score (nSPS) is 17.9. The van der Waals surface area contributed by atoms with Gasteiger partial charge in [0.25, 0.3) is 0 Å². The van der Waals surface area contributed by atoms with E-state index in [1.807, 2.05) is 26.8 Å². The first-order chi connectivity index (χ1) is 8.96. The molecule has 0 bridgehead atoms. The molecular formula is C14H22N2O3. The quantitative estimate of drug-likeness (QED) is 0.763. The molecule has 3 N–H and O–H groups in total. The van der Waals surface area contributed by atoms with Crippen LogP contribution >= 0.6 is 0 Å². The van der Waals surface area contributed by atoms with E-state index in [1.54, 1.807) is 0 Å². The molecule has 106 valence electrons. The van der Waals surface area contributed by atoms with Gasteiger partial charge >= 0.3 is 6.03 Å². The van der Waals surface area contributed by atoms with Crippen LogP contribution in [0.4, 0.5) is 4.79 Å². The number of carbonyl (C=O) groups is 1. The summed E-state index contributed by atoms with van der Waals surface area (Å²) in [7, 11) is 0. The van der Waals surface area contributed by atoms with Crippen LogP contribution in [0.3, 0.4) is 0 Å². The zero-order chi connectivity index (χ0) is 14.0. The number of aryl methyl sites for hydroxylation is 2. The number of nitrogens with one attached hydrogen (secondary N) is 2. The van der Waals surface area contributed by atoms with Gasteiger partial charge in [0.05, 0.1) is 12.6 Å². The Balaban J connectivity index is 1.83. The van der Waals surface area contributed by atoms with Crippen molar-refractivity contribution < 1.29 is 14.3 Å². The Morgan fingerprint density at radius 3 is 2.68 bits per heavy atom. The third kappa shape index (κ3) is 3.29. The Labute approximate surface area is 113 Å². The van der Waals surface area contributed by atoms with E-state index >= 15 is 0 Å². The SMILES string of the molecule is Cc1cc(C(C)NC(=O)NCC2(CO)CC2)c(C)o1. The largest absolute Gasteiger partial charge is 0.466 e. The number of urea groups is 1. The van der Waals surface area contributed by atoms with Crippen LogP contribution in [-0.2, 0) is 0 Å². The van der Waals surface area contributed by atoms with Crippen molar-refractivity contribution in [2.45, 2.75) is 39.7 Å². The molecule has 5 heteroatoms. The van der Waals surface area contributed by atoms with Crippen molar-refractivity contribution in [3.05, 3.63) is 23.2 Å². The summed E-state index contributed by atoms with van der Waals surface area (Å²) in [6, 6.07) is 1.64. The van der Waals surface area contributed by atoms with E-state index in [1.165, 1.54) is 0 Å². The molecule has 1 heterocycles. The molecule has 1 atom stereocenters. The lowest BCUT2D eigenvalue weighted by Crippen LogP contribution is -2.40. The zero-order valence-corrected chi connectivity index (χ0v) is 11.7. The second-order valence-electron chi connectivity index (χ2n) is 5.58. The van der Waals surface area contributed by atoms with Gasteiger partial charge in [-0.3, -0.25) is 0 Å². The Morgan fingerprint density at radius 2 is 2.21 bits per heavy atom. The molecule has 1 aromatic rings. The maximum Gasteiger partial charge on any atom is 0.315 e. The van der Waals surface area contributed by atoms with E-state index in [-0.39, 0.29) is 24.1 Å². The Morgan fingerprint density at radius 1 is 1.53 bits per heavy atom. The predicted octanol–water partition coefficient (Wildman–Crippen LogP) is 2.03. The minimum absolute atomic E-state index is 0.0667. The molecule has 0 radical (unpaired) electrons. The summed E-state index contributed by atoms with van der Waals surface area (Å²) in [5, 5.41) is 14.9. The highest BCUT2D eigenvalue weighted by molar-refractivity contribution is 5.74. The monoisotopic (exact) mass is 266 g/mol. The molecule has 0 spiro atoms. The van der Waals surface area contributed by atoms with Crippen LogP contribution in [-0.4, -0.2) is 24.3 Å². The van der Waals surface area contributed by atoms with Crippen LogP contribution in [0.2, 0.25) is 0 Å². The van der Waals surface area contributed by atoms with Gasteiger partial charge in [0, 0.05) is 17.5 Å². The lowest BCUT2D eigenvalue weighted by atomic mass is 10.1. The van der Waals surface area contributed by atoms with E-state index in [0.29, 0.717) is 6.54 Å². The number of rotatable bonds is 5. The molecule has 2 rings (SSSR count). The number of carbonyl (C=O) groups excluding carboxylic acids is 1. The summed E-state index contributed by atoms with van der Waals surface area (Å²) < 4.78 is 5.45. The van der Waals surface area contributed by atoms with Crippen molar-refractivity contribution in [1.82, 2.24) is 10.6 Å². The number of hydrogen-bond acceptors (Lipinski definition) is 3. The van der Waals surface area contributed by atoms with Gasteiger partial charge in [-0.25, -0.2) is 4.79 Å². The molecule has 1 aliphatic rings. The summed E-state index contributed by atoms with van der Waals surface area (Å²) in [6.07, 6.45) is 1.97. The molecule has 1 aliphatic carbocycles. The van der Waals surface area contributed by atoms with Gasteiger partial charge in [-0.1, -0.05) is 0 Å². The smallest absolute Gasteiger partial charge is 0.315 e. The van der Waals surface area contributed by atoms with Gasteiger partial charge < -0.3 is 20.2 Å². The molecular weight excluding hydrogens is 244 g/mol. The van der Waals surface area contributed by atoms with Gasteiger partial charge in [0.2, 0.25) is 0 Å². The molecule has 1 fully saturated rings. The highest BCUT2D eigenvalue weighted by Crippen LogP contribution is 2.44. The van der Waals surface area contributed by atoms with E-state index in [4.69, 9.17) is 4.42 Å². The van der Waals surface area contributed by atoms with Crippen molar-refractivity contribution in [2.75, 3.05) is 13.2 Å². The molecule has 0 aromatic carbocycles. The molecule has 1 aromatic heterocycles. The van der Waals surface area contributed by atoms with Gasteiger partial charge in [-0.05, 0) is 39.7 Å². The molecule has 19 heavy (non-hydrogen) atoms. The lowest BCUT2D eigenvalue weighted by molar-refractivity contribution is 0.202. The van der Waals surface area contributed by atoms with Crippen molar-refractivity contribution in [2.24, 2.45) is 5.41 Å². The average Bonchev–Trinajstić information content (AvgIpc) is 3.06. The Kier molecular flexibility index (Phi) is 3.85. The second-order valence-corrected chi connectivity index (χ2v) is 5.58. The summed E-state index contributed by atoms with van der Waals surface area (Å²) in [6.45, 7) is 6.38. The van der Waals surface area contributed by atoms with E-state index in [0.717, 1.165) is 29.9 Å². The fourth-order valence-corrected chi connectivity index (χ4v) is 2.24. The third-order valence-electron chi connectivity index (χ3n) is 3.81. The molecule has 1 unspecified atom stereocenters. The zero-order valence-electron chi connectivity index (χ0n) is 11.7. The fraction of sp³-hybridized carbons (Fsp3) is 0.643. The van der Waals surface area contributed by atoms with E-state index < -0.39 is 0 Å². The topological polar surface area (TPSA) is 74.5 Å². The first-order valence-corrected chi connectivity index (χ1v) is 6.68. The lowest BCUT2D eigenvalue weighted by Gasteiger charge is -2.17.